The number of rotatable bonds is 6. The minimum atomic E-state index is -0.666. The molecule has 0 fully saturated rings. The van der Waals surface area contributed by atoms with Crippen LogP contribution in [0.4, 0.5) is 10.2 Å². The fourth-order valence-electron chi connectivity index (χ4n) is 4.09. The Hall–Kier alpha value is -3.60. The van der Waals surface area contributed by atoms with Crippen LogP contribution in [0.15, 0.2) is 27.5 Å². The van der Waals surface area contributed by atoms with Crippen molar-refractivity contribution < 1.29 is 18.3 Å². The lowest BCUT2D eigenvalue weighted by molar-refractivity contribution is -0.118. The van der Waals surface area contributed by atoms with E-state index >= 15 is 0 Å². The second-order valence-electron chi connectivity index (χ2n) is 7.90. The van der Waals surface area contributed by atoms with Gasteiger partial charge >= 0.3 is 5.76 Å². The van der Waals surface area contributed by atoms with E-state index < -0.39 is 5.76 Å². The highest BCUT2D eigenvalue weighted by molar-refractivity contribution is 5.94. The van der Waals surface area contributed by atoms with E-state index in [-0.39, 0.29) is 35.9 Å². The number of hydrogen-bond acceptors (Lipinski definition) is 8. The minimum absolute atomic E-state index is 0.0759. The molecule has 11 heteroatoms. The van der Waals surface area contributed by atoms with Crippen LogP contribution in [0.25, 0.3) is 5.82 Å². The standard InChI is InChI=1S/C21H21FN6O4/c1-11-13-6-12(7-14(13)15(22)9-24-11)8-23-5-4-19-27-28(21(30)32-19)17-3-2-16-20(25-17)26-18(29)10-31-16/h2-3,9,12,23H,4-8,10H2,1H3,(H,25,26,29). The summed E-state index contributed by atoms with van der Waals surface area (Å²) < 4.78 is 25.5. The van der Waals surface area contributed by atoms with Crippen molar-refractivity contribution in [2.75, 3.05) is 25.0 Å². The van der Waals surface area contributed by atoms with Crippen LogP contribution in [0, 0.1) is 18.7 Å². The van der Waals surface area contributed by atoms with E-state index in [9.17, 15) is 14.0 Å². The van der Waals surface area contributed by atoms with Crippen LogP contribution in [0.2, 0.25) is 0 Å². The number of carbonyl (C=O) groups is 1. The summed E-state index contributed by atoms with van der Waals surface area (Å²) in [6, 6.07) is 3.18. The average molecular weight is 440 g/mol. The normalized spacial score (nSPS) is 16.9. The molecule has 10 nitrogen and oxygen atoms in total. The summed E-state index contributed by atoms with van der Waals surface area (Å²) in [6.45, 7) is 3.09. The van der Waals surface area contributed by atoms with Gasteiger partial charge in [-0.2, -0.15) is 0 Å². The number of aromatic nitrogens is 4. The maximum absolute atomic E-state index is 14.0. The SMILES string of the molecule is Cc1ncc(F)c2c1CC(CNCCc1nn(-c3ccc4c(n3)NC(=O)CO4)c(=O)o1)C2. The third-order valence-corrected chi connectivity index (χ3v) is 5.66. The Kier molecular flexibility index (Phi) is 5.17. The lowest BCUT2D eigenvalue weighted by Crippen LogP contribution is -2.27. The predicted molar refractivity (Wildman–Crippen MR) is 110 cm³/mol. The van der Waals surface area contributed by atoms with Crippen molar-refractivity contribution in [2.24, 2.45) is 5.92 Å². The van der Waals surface area contributed by atoms with E-state index in [0.717, 1.165) is 27.9 Å². The van der Waals surface area contributed by atoms with Crippen LogP contribution >= 0.6 is 0 Å². The second-order valence-corrected chi connectivity index (χ2v) is 7.90. The molecule has 32 heavy (non-hydrogen) atoms. The molecule has 1 aliphatic carbocycles. The van der Waals surface area contributed by atoms with Gasteiger partial charge in [-0.25, -0.2) is 14.2 Å². The van der Waals surface area contributed by atoms with Crippen LogP contribution in [0.3, 0.4) is 0 Å². The van der Waals surface area contributed by atoms with Gasteiger partial charge in [-0.15, -0.1) is 9.78 Å². The molecule has 5 rings (SSSR count). The molecule has 166 valence electrons. The Morgan fingerprint density at radius 1 is 1.28 bits per heavy atom. The number of nitrogens with one attached hydrogen (secondary N) is 2. The number of pyridine rings is 2. The Morgan fingerprint density at radius 2 is 2.12 bits per heavy atom. The molecule has 3 aromatic heterocycles. The zero-order valence-electron chi connectivity index (χ0n) is 17.4. The number of amides is 1. The van der Waals surface area contributed by atoms with E-state index in [2.05, 4.69) is 25.7 Å². The molecule has 0 radical (unpaired) electrons. The summed E-state index contributed by atoms with van der Waals surface area (Å²) in [5, 5.41) is 10.1. The van der Waals surface area contributed by atoms with Gasteiger partial charge in [0.1, 0.15) is 5.82 Å². The zero-order chi connectivity index (χ0) is 22.2. The van der Waals surface area contributed by atoms with Crippen molar-refractivity contribution in [3.05, 3.63) is 57.4 Å². The molecule has 0 saturated heterocycles. The first kappa shape index (κ1) is 20.3. The van der Waals surface area contributed by atoms with Crippen LogP contribution < -0.4 is 21.1 Å². The van der Waals surface area contributed by atoms with Crippen LogP contribution in [-0.4, -0.2) is 45.4 Å². The van der Waals surface area contributed by atoms with Crippen molar-refractivity contribution in [1.29, 1.82) is 0 Å². The third-order valence-electron chi connectivity index (χ3n) is 5.66. The Labute approximate surface area is 181 Å². The smallest absolute Gasteiger partial charge is 0.443 e. The lowest BCUT2D eigenvalue weighted by Gasteiger charge is -2.16. The van der Waals surface area contributed by atoms with Crippen LogP contribution in [0.5, 0.6) is 5.75 Å². The molecule has 2 aliphatic rings. The summed E-state index contributed by atoms with van der Waals surface area (Å²) in [5.41, 5.74) is 2.67. The van der Waals surface area contributed by atoms with E-state index in [1.807, 2.05) is 6.92 Å². The number of carbonyl (C=O) groups excluding carboxylic acids is 1. The molecule has 0 spiro atoms. The Morgan fingerprint density at radius 3 is 2.97 bits per heavy atom. The highest BCUT2D eigenvalue weighted by atomic mass is 19.1. The van der Waals surface area contributed by atoms with E-state index in [4.69, 9.17) is 9.15 Å². The monoisotopic (exact) mass is 440 g/mol. The van der Waals surface area contributed by atoms with Crippen molar-refractivity contribution >= 4 is 11.7 Å². The van der Waals surface area contributed by atoms with Gasteiger partial charge in [-0.05, 0) is 55.5 Å². The van der Waals surface area contributed by atoms with Crippen molar-refractivity contribution in [3.8, 4) is 11.6 Å². The molecule has 2 N–H and O–H groups in total. The summed E-state index contributed by atoms with van der Waals surface area (Å²) in [6.07, 6.45) is 3.18. The van der Waals surface area contributed by atoms with Gasteiger partial charge in [0.25, 0.3) is 5.91 Å². The molecule has 4 heterocycles. The molecule has 1 aliphatic heterocycles. The van der Waals surface area contributed by atoms with Gasteiger partial charge in [0.15, 0.2) is 24.0 Å². The maximum atomic E-state index is 14.0. The first-order valence-corrected chi connectivity index (χ1v) is 10.3. The number of nitrogens with zero attached hydrogens (tertiary/aromatic N) is 4. The average Bonchev–Trinajstić information content (AvgIpc) is 3.38. The topological polar surface area (TPSA) is 124 Å². The molecule has 0 saturated carbocycles. The third kappa shape index (κ3) is 3.86. The number of hydrogen-bond donors (Lipinski definition) is 2. The van der Waals surface area contributed by atoms with E-state index in [0.29, 0.717) is 37.6 Å². The van der Waals surface area contributed by atoms with Crippen molar-refractivity contribution in [1.82, 2.24) is 25.1 Å². The van der Waals surface area contributed by atoms with Gasteiger partial charge < -0.3 is 19.8 Å². The molecule has 3 aromatic rings. The largest absolute Gasteiger partial charge is 0.480 e. The number of fused-ring (bicyclic) bond motifs is 2. The van der Waals surface area contributed by atoms with E-state index in [1.165, 1.54) is 6.20 Å². The lowest BCUT2D eigenvalue weighted by atomic mass is 10.1. The first-order valence-electron chi connectivity index (χ1n) is 10.3. The highest BCUT2D eigenvalue weighted by Gasteiger charge is 2.26. The number of ether oxygens (including phenoxy) is 1. The number of aryl methyl sites for hydroxylation is 1. The van der Waals surface area contributed by atoms with Gasteiger partial charge in [-0.1, -0.05) is 0 Å². The first-order chi connectivity index (χ1) is 15.5. The summed E-state index contributed by atoms with van der Waals surface area (Å²) in [5.74, 6) is 0.221. The van der Waals surface area contributed by atoms with Crippen LogP contribution in [-0.2, 0) is 24.1 Å². The predicted octanol–water partition coefficient (Wildman–Crippen LogP) is 0.941. The highest BCUT2D eigenvalue weighted by Crippen LogP contribution is 2.30. The van der Waals surface area contributed by atoms with Crippen molar-refractivity contribution in [3.63, 3.8) is 0 Å². The minimum Gasteiger partial charge on any atom is -0.480 e. The Bertz CT molecular complexity index is 1220. The summed E-state index contributed by atoms with van der Waals surface area (Å²) >= 11 is 0. The maximum Gasteiger partial charge on any atom is 0.443 e. The fourth-order valence-corrected chi connectivity index (χ4v) is 4.09. The van der Waals surface area contributed by atoms with Crippen molar-refractivity contribution in [2.45, 2.75) is 26.2 Å². The van der Waals surface area contributed by atoms with Gasteiger partial charge in [0.2, 0.25) is 5.89 Å². The summed E-state index contributed by atoms with van der Waals surface area (Å²) in [4.78, 5) is 32.0. The Balaban J connectivity index is 1.18. The van der Waals surface area contributed by atoms with Crippen LogP contribution in [0.1, 0.15) is 22.7 Å². The van der Waals surface area contributed by atoms with Gasteiger partial charge in [0, 0.05) is 18.7 Å². The molecule has 0 bridgehead atoms. The van der Waals surface area contributed by atoms with Gasteiger partial charge in [-0.3, -0.25) is 9.78 Å². The molecular formula is C21H21FN6O4. The second kappa shape index (κ2) is 8.15. The summed E-state index contributed by atoms with van der Waals surface area (Å²) in [7, 11) is 0. The fraction of sp³-hybridized carbons (Fsp3) is 0.381. The molecule has 1 atom stereocenters. The molecule has 1 unspecified atom stereocenters. The molecule has 0 aromatic carbocycles. The molecule has 1 amide bonds. The number of anilines is 1. The number of halogens is 1. The molecular weight excluding hydrogens is 419 g/mol. The van der Waals surface area contributed by atoms with Gasteiger partial charge in [0.05, 0.1) is 6.20 Å². The zero-order valence-corrected chi connectivity index (χ0v) is 17.4. The van der Waals surface area contributed by atoms with E-state index in [1.54, 1.807) is 12.1 Å². The quantitative estimate of drug-likeness (QED) is 0.543.